The first-order valence-electron chi connectivity index (χ1n) is 2.52. The van der Waals surface area contributed by atoms with E-state index in [1.807, 2.05) is 13.8 Å². The topological polar surface area (TPSA) is 24.7 Å². The lowest BCUT2D eigenvalue weighted by molar-refractivity contribution is 1.48. The van der Waals surface area contributed by atoms with E-state index in [9.17, 15) is 0 Å². The van der Waals surface area contributed by atoms with Crippen LogP contribution in [0.5, 0.6) is 0 Å². The van der Waals surface area contributed by atoms with E-state index in [1.165, 1.54) is 0 Å². The normalized spacial score (nSPS) is 12.8. The Morgan fingerprint density at radius 2 is 1.25 bits per heavy atom. The van der Waals surface area contributed by atoms with Crippen molar-refractivity contribution in [3.05, 3.63) is 12.4 Å². The minimum absolute atomic E-state index is 1.64. The van der Waals surface area contributed by atoms with Crippen LogP contribution in [-0.2, 0) is 0 Å². The Kier molecular flexibility index (Phi) is 5.38. The lowest BCUT2D eigenvalue weighted by Gasteiger charge is -1.69. The van der Waals surface area contributed by atoms with Gasteiger partial charge in [-0.15, -0.1) is 0 Å². The van der Waals surface area contributed by atoms with Gasteiger partial charge in [0.2, 0.25) is 0 Å². The van der Waals surface area contributed by atoms with Crippen molar-refractivity contribution >= 4 is 12.4 Å². The second kappa shape index (κ2) is 6.08. The third-order valence-electron chi connectivity index (χ3n) is 0.537. The maximum absolute atomic E-state index is 3.79. The zero-order valence-electron chi connectivity index (χ0n) is 5.20. The van der Waals surface area contributed by atoms with Crippen LogP contribution >= 0.6 is 0 Å². The standard InChI is InChI=1S/C6H10N2/c1-3-7-5-6-8-4-2/h3-6H,1-2H3/b6-5-,7-3-,8-4+. The monoisotopic (exact) mass is 110 g/mol. The van der Waals surface area contributed by atoms with E-state index in [4.69, 9.17) is 0 Å². The summed E-state index contributed by atoms with van der Waals surface area (Å²) in [6, 6.07) is 0. The molecular weight excluding hydrogens is 100 g/mol. The van der Waals surface area contributed by atoms with E-state index in [-0.39, 0.29) is 0 Å². The first-order chi connectivity index (χ1) is 3.91. The van der Waals surface area contributed by atoms with Crippen LogP contribution in [0, 0.1) is 0 Å². The minimum atomic E-state index is 1.64. The fourth-order valence-corrected chi connectivity index (χ4v) is 0.249. The molecular formula is C6H10N2. The average Bonchev–Trinajstić information content (AvgIpc) is 1.81. The summed E-state index contributed by atoms with van der Waals surface area (Å²) >= 11 is 0. The third kappa shape index (κ3) is 5.08. The van der Waals surface area contributed by atoms with Crippen LogP contribution in [0.4, 0.5) is 0 Å². The number of hydrogen-bond acceptors (Lipinski definition) is 2. The van der Waals surface area contributed by atoms with Gasteiger partial charge in [-0.25, -0.2) is 0 Å². The van der Waals surface area contributed by atoms with Crippen molar-refractivity contribution in [3.63, 3.8) is 0 Å². The van der Waals surface area contributed by atoms with Crippen LogP contribution < -0.4 is 0 Å². The molecule has 0 aromatic carbocycles. The molecule has 0 atom stereocenters. The first kappa shape index (κ1) is 7.08. The second-order valence-corrected chi connectivity index (χ2v) is 1.11. The molecule has 0 unspecified atom stereocenters. The van der Waals surface area contributed by atoms with Crippen LogP contribution in [0.2, 0.25) is 0 Å². The molecule has 0 saturated heterocycles. The molecule has 2 nitrogen and oxygen atoms in total. The number of hydrogen-bond donors (Lipinski definition) is 0. The van der Waals surface area contributed by atoms with Gasteiger partial charge < -0.3 is 0 Å². The largest absolute Gasteiger partial charge is 0.268 e. The number of rotatable bonds is 2. The number of nitrogens with zero attached hydrogens (tertiary/aromatic N) is 2. The molecule has 0 aromatic heterocycles. The molecule has 0 heterocycles. The van der Waals surface area contributed by atoms with Crippen LogP contribution in [0.25, 0.3) is 0 Å². The Labute approximate surface area is 49.7 Å². The van der Waals surface area contributed by atoms with Gasteiger partial charge in [0.05, 0.1) is 0 Å². The van der Waals surface area contributed by atoms with Crippen molar-refractivity contribution in [1.29, 1.82) is 0 Å². The van der Waals surface area contributed by atoms with E-state index in [1.54, 1.807) is 24.8 Å². The molecule has 0 aromatic rings. The molecule has 2 heteroatoms. The smallest absolute Gasteiger partial charge is 0.0446 e. The first-order valence-corrected chi connectivity index (χ1v) is 2.52. The van der Waals surface area contributed by atoms with Crippen molar-refractivity contribution in [1.82, 2.24) is 0 Å². The molecule has 0 radical (unpaired) electrons. The molecule has 0 spiro atoms. The van der Waals surface area contributed by atoms with Crippen LogP contribution in [0.3, 0.4) is 0 Å². The second-order valence-electron chi connectivity index (χ2n) is 1.11. The zero-order valence-corrected chi connectivity index (χ0v) is 5.20. The molecule has 0 aliphatic carbocycles. The zero-order chi connectivity index (χ0) is 6.24. The highest BCUT2D eigenvalue weighted by Crippen LogP contribution is 1.72. The minimum Gasteiger partial charge on any atom is -0.268 e. The summed E-state index contributed by atoms with van der Waals surface area (Å²) in [5.74, 6) is 0. The van der Waals surface area contributed by atoms with E-state index >= 15 is 0 Å². The predicted octanol–water partition coefficient (Wildman–Crippen LogP) is 1.64. The SMILES string of the molecule is C\C=N/C=C\N=C\C. The van der Waals surface area contributed by atoms with Gasteiger partial charge in [-0.05, 0) is 13.8 Å². The third-order valence-corrected chi connectivity index (χ3v) is 0.537. The Bertz CT molecular complexity index is 97.7. The molecule has 0 fully saturated rings. The average molecular weight is 110 g/mol. The fourth-order valence-electron chi connectivity index (χ4n) is 0.249. The fraction of sp³-hybridized carbons (Fsp3) is 0.333. The molecule has 0 bridgehead atoms. The van der Waals surface area contributed by atoms with Crippen molar-refractivity contribution in [3.8, 4) is 0 Å². The maximum atomic E-state index is 3.79. The molecule has 0 aliphatic rings. The molecule has 44 valence electrons. The highest BCUT2D eigenvalue weighted by molar-refractivity contribution is 5.55. The maximum Gasteiger partial charge on any atom is 0.0446 e. The van der Waals surface area contributed by atoms with E-state index in [0.717, 1.165) is 0 Å². The Hall–Kier alpha value is -0.920. The van der Waals surface area contributed by atoms with Gasteiger partial charge in [-0.1, -0.05) is 0 Å². The molecule has 8 heavy (non-hydrogen) atoms. The van der Waals surface area contributed by atoms with E-state index < -0.39 is 0 Å². The molecule has 0 rings (SSSR count). The number of aliphatic imine (C=N–C) groups is 2. The summed E-state index contributed by atoms with van der Waals surface area (Å²) in [7, 11) is 0. The van der Waals surface area contributed by atoms with Crippen molar-refractivity contribution in [2.24, 2.45) is 9.98 Å². The van der Waals surface area contributed by atoms with Gasteiger partial charge in [0.1, 0.15) is 0 Å². The van der Waals surface area contributed by atoms with E-state index in [2.05, 4.69) is 9.98 Å². The van der Waals surface area contributed by atoms with Gasteiger partial charge in [0.25, 0.3) is 0 Å². The summed E-state index contributed by atoms with van der Waals surface area (Å²) in [4.78, 5) is 7.58. The molecule has 0 saturated carbocycles. The van der Waals surface area contributed by atoms with Crippen LogP contribution in [0.1, 0.15) is 13.8 Å². The summed E-state index contributed by atoms with van der Waals surface area (Å²) < 4.78 is 0. The Morgan fingerprint density at radius 3 is 1.50 bits per heavy atom. The summed E-state index contributed by atoms with van der Waals surface area (Å²) in [6.07, 6.45) is 6.70. The summed E-state index contributed by atoms with van der Waals surface area (Å²) in [5.41, 5.74) is 0. The highest BCUT2D eigenvalue weighted by Gasteiger charge is 1.55. The Balaban J connectivity index is 3.35. The summed E-state index contributed by atoms with van der Waals surface area (Å²) in [5, 5.41) is 0. The van der Waals surface area contributed by atoms with Crippen molar-refractivity contribution in [2.75, 3.05) is 0 Å². The molecule has 0 amide bonds. The molecule has 0 aliphatic heterocycles. The van der Waals surface area contributed by atoms with Gasteiger partial charge in [0, 0.05) is 24.8 Å². The summed E-state index contributed by atoms with van der Waals surface area (Å²) in [6.45, 7) is 3.72. The van der Waals surface area contributed by atoms with Crippen molar-refractivity contribution in [2.45, 2.75) is 13.8 Å². The van der Waals surface area contributed by atoms with Crippen molar-refractivity contribution < 1.29 is 0 Å². The van der Waals surface area contributed by atoms with Gasteiger partial charge >= 0.3 is 0 Å². The lowest BCUT2D eigenvalue weighted by Crippen LogP contribution is -1.55. The van der Waals surface area contributed by atoms with E-state index in [0.29, 0.717) is 0 Å². The Morgan fingerprint density at radius 1 is 0.875 bits per heavy atom. The van der Waals surface area contributed by atoms with Gasteiger partial charge in [-0.2, -0.15) is 0 Å². The quantitative estimate of drug-likeness (QED) is 0.483. The lowest BCUT2D eigenvalue weighted by atomic mass is 10.8. The predicted molar refractivity (Wildman–Crippen MR) is 37.5 cm³/mol. The van der Waals surface area contributed by atoms with Crippen LogP contribution in [0.15, 0.2) is 22.4 Å². The highest BCUT2D eigenvalue weighted by atomic mass is 14.7. The van der Waals surface area contributed by atoms with Gasteiger partial charge in [-0.3, -0.25) is 9.98 Å². The van der Waals surface area contributed by atoms with Crippen LogP contribution in [-0.4, -0.2) is 12.4 Å². The molecule has 0 N–H and O–H groups in total. The van der Waals surface area contributed by atoms with Gasteiger partial charge in [0.15, 0.2) is 0 Å².